The third-order valence-corrected chi connectivity index (χ3v) is 2.02. The third-order valence-electron chi connectivity index (χ3n) is 2.02. The Morgan fingerprint density at radius 2 is 1.73 bits per heavy atom. The molecule has 5 heteroatoms. The fourth-order valence-electron chi connectivity index (χ4n) is 1.19. The molecule has 0 saturated carbocycles. The van der Waals surface area contributed by atoms with Gasteiger partial charge in [-0.2, -0.15) is 0 Å². The Labute approximate surface area is 89.8 Å². The van der Waals surface area contributed by atoms with Crippen LogP contribution in [0.1, 0.15) is 38.5 Å². The summed E-state index contributed by atoms with van der Waals surface area (Å²) in [5.74, 6) is -0.734. The second kappa shape index (κ2) is 9.30. The highest BCUT2D eigenvalue weighted by molar-refractivity contribution is 5.66. The number of nitrogens with one attached hydrogen (secondary N) is 1. The normalized spacial score (nSPS) is 9.67. The minimum Gasteiger partial charge on any atom is -0.481 e. The van der Waals surface area contributed by atoms with Crippen molar-refractivity contribution in [3.8, 4) is 0 Å². The van der Waals surface area contributed by atoms with Gasteiger partial charge >= 0.3 is 12.1 Å². The van der Waals surface area contributed by atoms with Gasteiger partial charge in [-0.1, -0.05) is 19.3 Å². The maximum absolute atomic E-state index is 10.6. The molecule has 0 unspecified atom stereocenters. The molecule has 0 aromatic carbocycles. The topological polar surface area (TPSA) is 75.6 Å². The molecule has 0 aromatic rings. The molecule has 0 aromatic heterocycles. The lowest BCUT2D eigenvalue weighted by Gasteiger charge is -2.03. The highest BCUT2D eigenvalue weighted by atomic mass is 16.5. The van der Waals surface area contributed by atoms with E-state index in [1.807, 2.05) is 0 Å². The smallest absolute Gasteiger partial charge is 0.406 e. The van der Waals surface area contributed by atoms with E-state index >= 15 is 0 Å². The van der Waals surface area contributed by atoms with Gasteiger partial charge in [-0.15, -0.1) is 0 Å². The molecule has 0 spiro atoms. The van der Waals surface area contributed by atoms with E-state index in [0.717, 1.165) is 32.1 Å². The number of carbonyl (C=O) groups is 2. The molecule has 0 atom stereocenters. The van der Waals surface area contributed by atoms with Gasteiger partial charge in [0.25, 0.3) is 0 Å². The minimum atomic E-state index is -0.734. The molecule has 0 aliphatic heterocycles. The summed E-state index contributed by atoms with van der Waals surface area (Å²) in [5.41, 5.74) is 0. The summed E-state index contributed by atoms with van der Waals surface area (Å²) in [5, 5.41) is 11.0. The van der Waals surface area contributed by atoms with Crippen LogP contribution in [0, 0.1) is 0 Å². The lowest BCUT2D eigenvalue weighted by molar-refractivity contribution is -0.137. The van der Waals surface area contributed by atoms with Crippen LogP contribution >= 0.6 is 0 Å². The highest BCUT2D eigenvalue weighted by Gasteiger charge is 1.98. The fourth-order valence-corrected chi connectivity index (χ4v) is 1.19. The number of amides is 1. The average molecular weight is 217 g/mol. The third kappa shape index (κ3) is 10.7. The molecule has 5 nitrogen and oxygen atoms in total. The van der Waals surface area contributed by atoms with Crippen molar-refractivity contribution >= 4 is 12.1 Å². The van der Waals surface area contributed by atoms with Gasteiger partial charge in [0, 0.05) is 13.0 Å². The first kappa shape index (κ1) is 13.7. The van der Waals surface area contributed by atoms with Gasteiger partial charge in [0.2, 0.25) is 0 Å². The van der Waals surface area contributed by atoms with Crippen molar-refractivity contribution in [1.82, 2.24) is 5.32 Å². The maximum atomic E-state index is 10.6. The zero-order valence-corrected chi connectivity index (χ0v) is 9.12. The summed E-state index contributed by atoms with van der Waals surface area (Å²) in [6.45, 7) is 0.617. The van der Waals surface area contributed by atoms with Crippen LogP contribution in [-0.2, 0) is 9.53 Å². The maximum Gasteiger partial charge on any atom is 0.406 e. The van der Waals surface area contributed by atoms with Crippen molar-refractivity contribution in [2.24, 2.45) is 0 Å². The van der Waals surface area contributed by atoms with Crippen LogP contribution in [0.3, 0.4) is 0 Å². The van der Waals surface area contributed by atoms with Crippen molar-refractivity contribution in [3.63, 3.8) is 0 Å². The van der Waals surface area contributed by atoms with Gasteiger partial charge in [-0.25, -0.2) is 4.79 Å². The molecule has 0 bridgehead atoms. The lowest BCUT2D eigenvalue weighted by Crippen LogP contribution is -2.23. The molecule has 1 amide bonds. The van der Waals surface area contributed by atoms with Crippen LogP contribution in [0.15, 0.2) is 0 Å². The number of aliphatic carboxylic acids is 1. The summed E-state index contributed by atoms with van der Waals surface area (Å²) >= 11 is 0. The molecular weight excluding hydrogens is 198 g/mol. The van der Waals surface area contributed by atoms with Crippen molar-refractivity contribution in [2.45, 2.75) is 38.5 Å². The summed E-state index contributed by atoms with van der Waals surface area (Å²) in [6, 6.07) is 0. The van der Waals surface area contributed by atoms with Crippen molar-refractivity contribution < 1.29 is 19.4 Å². The number of hydrogen-bond donors (Lipinski definition) is 2. The van der Waals surface area contributed by atoms with E-state index in [-0.39, 0.29) is 6.42 Å². The number of ether oxygens (including phenoxy) is 1. The van der Waals surface area contributed by atoms with Crippen molar-refractivity contribution in [3.05, 3.63) is 0 Å². The summed E-state index contributed by atoms with van der Waals surface area (Å²) in [4.78, 5) is 20.8. The number of carbonyl (C=O) groups excluding carboxylic acids is 1. The van der Waals surface area contributed by atoms with E-state index in [9.17, 15) is 9.59 Å². The minimum absolute atomic E-state index is 0.250. The predicted molar refractivity (Wildman–Crippen MR) is 55.7 cm³/mol. The monoisotopic (exact) mass is 217 g/mol. The summed E-state index contributed by atoms with van der Waals surface area (Å²) < 4.78 is 4.41. The standard InChI is InChI=1S/C10H19NO4/c1-15-10(14)11-8-6-4-2-3-5-7-9(12)13/h2-8H2,1H3,(H,11,14)(H,12,13). The number of unbranched alkanes of at least 4 members (excludes halogenated alkanes) is 4. The molecule has 0 aliphatic carbocycles. The van der Waals surface area contributed by atoms with Crippen LogP contribution in [0.4, 0.5) is 4.79 Å². The number of carboxylic acid groups (broad SMARTS) is 1. The predicted octanol–water partition coefficient (Wildman–Crippen LogP) is 1.77. The zero-order valence-electron chi connectivity index (χ0n) is 9.12. The van der Waals surface area contributed by atoms with Gasteiger partial charge in [0.1, 0.15) is 0 Å². The Hall–Kier alpha value is -1.26. The van der Waals surface area contributed by atoms with E-state index in [4.69, 9.17) is 5.11 Å². The Balaban J connectivity index is 3.05. The van der Waals surface area contributed by atoms with Crippen LogP contribution < -0.4 is 5.32 Å². The highest BCUT2D eigenvalue weighted by Crippen LogP contribution is 2.04. The van der Waals surface area contributed by atoms with Crippen LogP contribution in [0.5, 0.6) is 0 Å². The lowest BCUT2D eigenvalue weighted by atomic mass is 10.1. The van der Waals surface area contributed by atoms with Crippen molar-refractivity contribution in [1.29, 1.82) is 0 Å². The van der Waals surface area contributed by atoms with Crippen LogP contribution in [0.25, 0.3) is 0 Å². The quantitative estimate of drug-likeness (QED) is 0.607. The Morgan fingerprint density at radius 1 is 1.13 bits per heavy atom. The van der Waals surface area contributed by atoms with E-state index < -0.39 is 12.1 Å². The molecule has 0 saturated heterocycles. The van der Waals surface area contributed by atoms with Gasteiger partial charge < -0.3 is 15.2 Å². The molecule has 2 N–H and O–H groups in total. The van der Waals surface area contributed by atoms with Crippen molar-refractivity contribution in [2.75, 3.05) is 13.7 Å². The van der Waals surface area contributed by atoms with E-state index in [0.29, 0.717) is 6.54 Å². The molecule has 0 fully saturated rings. The molecule has 0 radical (unpaired) electrons. The van der Waals surface area contributed by atoms with E-state index in [1.54, 1.807) is 0 Å². The second-order valence-electron chi connectivity index (χ2n) is 3.33. The number of hydrogen-bond acceptors (Lipinski definition) is 3. The number of carboxylic acids is 1. The largest absolute Gasteiger partial charge is 0.481 e. The van der Waals surface area contributed by atoms with Gasteiger partial charge in [-0.3, -0.25) is 4.79 Å². The number of alkyl carbamates (subject to hydrolysis) is 1. The van der Waals surface area contributed by atoms with Gasteiger partial charge in [0.05, 0.1) is 7.11 Å². The molecular formula is C10H19NO4. The van der Waals surface area contributed by atoms with E-state index in [2.05, 4.69) is 10.1 Å². The van der Waals surface area contributed by atoms with E-state index in [1.165, 1.54) is 7.11 Å². The fraction of sp³-hybridized carbons (Fsp3) is 0.800. The Morgan fingerprint density at radius 3 is 2.33 bits per heavy atom. The number of methoxy groups -OCH3 is 1. The summed E-state index contributed by atoms with van der Waals surface area (Å²) in [7, 11) is 1.33. The first-order valence-electron chi connectivity index (χ1n) is 5.20. The first-order chi connectivity index (χ1) is 7.16. The SMILES string of the molecule is COC(=O)NCCCCCCCC(=O)O. The van der Waals surface area contributed by atoms with Gasteiger partial charge in [0.15, 0.2) is 0 Å². The Bertz CT molecular complexity index is 194. The average Bonchev–Trinajstić information content (AvgIpc) is 2.21. The molecule has 0 rings (SSSR count). The molecule has 0 aliphatic rings. The zero-order chi connectivity index (χ0) is 11.5. The number of rotatable bonds is 8. The first-order valence-corrected chi connectivity index (χ1v) is 5.20. The molecule has 15 heavy (non-hydrogen) atoms. The summed E-state index contributed by atoms with van der Waals surface area (Å²) in [6.07, 6.45) is 4.44. The second-order valence-corrected chi connectivity index (χ2v) is 3.33. The molecule has 0 heterocycles. The molecule has 88 valence electrons. The van der Waals surface area contributed by atoms with Crippen LogP contribution in [-0.4, -0.2) is 30.8 Å². The van der Waals surface area contributed by atoms with Gasteiger partial charge in [-0.05, 0) is 12.8 Å². The Kier molecular flexibility index (Phi) is 8.52. The van der Waals surface area contributed by atoms with Crippen LogP contribution in [0.2, 0.25) is 0 Å².